The quantitative estimate of drug-likeness (QED) is 0.541. The zero-order valence-electron chi connectivity index (χ0n) is 12.1. The van der Waals surface area contributed by atoms with Crippen molar-refractivity contribution in [1.82, 2.24) is 0 Å². The number of Topliss-reactive ketones (excluding diaryl/α,β-unsaturated/α-hetero) is 1. The van der Waals surface area contributed by atoms with Gasteiger partial charge in [-0.25, -0.2) is 0 Å². The van der Waals surface area contributed by atoms with Crippen LogP contribution in [0.4, 0.5) is 5.69 Å². The summed E-state index contributed by atoms with van der Waals surface area (Å²) >= 11 is 1.66. The molecule has 114 valence electrons. The molecule has 21 heavy (non-hydrogen) atoms. The fraction of sp³-hybridized carbons (Fsp3) is 0.438. The minimum atomic E-state index is 0.124. The van der Waals surface area contributed by atoms with Gasteiger partial charge in [0.05, 0.1) is 11.4 Å². The molecule has 0 aromatic heterocycles. The highest BCUT2D eigenvalue weighted by Crippen LogP contribution is 2.33. The number of hydrogen-bond donors (Lipinski definition) is 2. The summed E-state index contributed by atoms with van der Waals surface area (Å²) < 4.78 is 5.39. The van der Waals surface area contributed by atoms with E-state index >= 15 is 0 Å². The third-order valence-corrected chi connectivity index (χ3v) is 4.28. The smallest absolute Gasteiger partial charge is 0.190 e. The predicted octanol–water partition coefficient (Wildman–Crippen LogP) is 3.43. The second kappa shape index (κ2) is 8.10. The van der Waals surface area contributed by atoms with Crippen LogP contribution in [0.3, 0.4) is 0 Å². The van der Waals surface area contributed by atoms with E-state index < -0.39 is 0 Å². The minimum Gasteiger partial charge on any atom is -0.439 e. The van der Waals surface area contributed by atoms with Gasteiger partial charge >= 0.3 is 0 Å². The van der Waals surface area contributed by atoms with Crippen LogP contribution in [-0.2, 0) is 0 Å². The van der Waals surface area contributed by atoms with Crippen molar-refractivity contribution in [2.75, 3.05) is 23.4 Å². The van der Waals surface area contributed by atoms with E-state index in [1.165, 1.54) is 0 Å². The van der Waals surface area contributed by atoms with E-state index in [0.29, 0.717) is 22.9 Å². The Labute approximate surface area is 129 Å². The van der Waals surface area contributed by atoms with Gasteiger partial charge in [-0.2, -0.15) is 11.8 Å². The first-order chi connectivity index (χ1) is 10.2. The predicted molar refractivity (Wildman–Crippen MR) is 87.0 cm³/mol. The number of aliphatic hydroxyl groups excluding tert-OH is 1. The first-order valence-corrected chi connectivity index (χ1v) is 8.36. The maximum Gasteiger partial charge on any atom is 0.190 e. The number of nitrogens with one attached hydrogen (secondary N) is 1. The molecule has 0 aliphatic carbocycles. The number of ether oxygens (including phenoxy) is 1. The monoisotopic (exact) mass is 307 g/mol. The van der Waals surface area contributed by atoms with E-state index in [4.69, 9.17) is 9.84 Å². The van der Waals surface area contributed by atoms with Crippen molar-refractivity contribution in [2.45, 2.75) is 25.7 Å². The van der Waals surface area contributed by atoms with Crippen LogP contribution in [0.25, 0.3) is 0 Å². The molecule has 4 nitrogen and oxygen atoms in total. The SMILES string of the molecule is C=C1Nc2ccc(C(=O)CSCCCCCCO)cc2O1. The van der Waals surface area contributed by atoms with Crippen molar-refractivity contribution in [2.24, 2.45) is 0 Å². The maximum absolute atomic E-state index is 12.1. The number of ketones is 1. The highest BCUT2D eigenvalue weighted by Gasteiger charge is 2.17. The van der Waals surface area contributed by atoms with Crippen molar-refractivity contribution >= 4 is 23.2 Å². The van der Waals surface area contributed by atoms with Gasteiger partial charge in [0, 0.05) is 12.2 Å². The number of thioether (sulfide) groups is 1. The second-order valence-electron chi connectivity index (χ2n) is 4.97. The molecule has 0 saturated carbocycles. The summed E-state index contributed by atoms with van der Waals surface area (Å²) in [6, 6.07) is 5.43. The van der Waals surface area contributed by atoms with Crippen LogP contribution in [0.2, 0.25) is 0 Å². The third kappa shape index (κ3) is 4.79. The van der Waals surface area contributed by atoms with E-state index in [0.717, 1.165) is 37.1 Å². The molecular weight excluding hydrogens is 286 g/mol. The number of anilines is 1. The molecule has 1 aromatic rings. The van der Waals surface area contributed by atoms with Gasteiger partial charge in [-0.15, -0.1) is 0 Å². The standard InChI is InChI=1S/C16H21NO3S/c1-12-17-14-7-6-13(10-16(14)20-12)15(19)11-21-9-5-3-2-4-8-18/h6-7,10,17-18H,1-5,8-9,11H2. The van der Waals surface area contributed by atoms with Gasteiger partial charge in [-0.1, -0.05) is 12.8 Å². The van der Waals surface area contributed by atoms with E-state index in [-0.39, 0.29) is 12.4 Å². The highest BCUT2D eigenvalue weighted by atomic mass is 32.2. The Kier molecular flexibility index (Phi) is 6.14. The topological polar surface area (TPSA) is 58.6 Å². The summed E-state index contributed by atoms with van der Waals surface area (Å²) in [5.74, 6) is 2.76. The average Bonchev–Trinajstić information content (AvgIpc) is 2.85. The Morgan fingerprint density at radius 3 is 2.90 bits per heavy atom. The Morgan fingerprint density at radius 2 is 2.10 bits per heavy atom. The number of rotatable bonds is 9. The summed E-state index contributed by atoms with van der Waals surface area (Å²) in [7, 11) is 0. The van der Waals surface area contributed by atoms with Gasteiger partial charge in [0.2, 0.25) is 0 Å². The molecule has 0 unspecified atom stereocenters. The van der Waals surface area contributed by atoms with Gasteiger partial charge in [-0.3, -0.25) is 4.79 Å². The molecule has 2 rings (SSSR count). The van der Waals surface area contributed by atoms with E-state index in [1.54, 1.807) is 17.8 Å². The van der Waals surface area contributed by atoms with Crippen molar-refractivity contribution in [3.8, 4) is 5.75 Å². The van der Waals surface area contributed by atoms with Crippen LogP contribution < -0.4 is 10.1 Å². The lowest BCUT2D eigenvalue weighted by atomic mass is 10.1. The van der Waals surface area contributed by atoms with Crippen LogP contribution in [0.15, 0.2) is 30.7 Å². The van der Waals surface area contributed by atoms with Crippen LogP contribution in [0, 0.1) is 0 Å². The number of hydrogen-bond acceptors (Lipinski definition) is 5. The molecule has 5 heteroatoms. The van der Waals surface area contributed by atoms with Crippen LogP contribution in [-0.4, -0.2) is 29.0 Å². The largest absolute Gasteiger partial charge is 0.439 e. The summed E-state index contributed by atoms with van der Waals surface area (Å²) in [5.41, 5.74) is 1.53. The third-order valence-electron chi connectivity index (χ3n) is 3.24. The van der Waals surface area contributed by atoms with Gasteiger partial charge < -0.3 is 15.2 Å². The van der Waals surface area contributed by atoms with Gasteiger partial charge in [0.15, 0.2) is 17.4 Å². The number of carbonyl (C=O) groups excluding carboxylic acids is 1. The summed E-state index contributed by atoms with van der Waals surface area (Å²) in [5, 5.41) is 11.7. The van der Waals surface area contributed by atoms with Crippen LogP contribution >= 0.6 is 11.8 Å². The van der Waals surface area contributed by atoms with E-state index in [9.17, 15) is 4.79 Å². The van der Waals surface area contributed by atoms with Gasteiger partial charge in [0.1, 0.15) is 0 Å². The summed E-state index contributed by atoms with van der Waals surface area (Å²) in [6.45, 7) is 3.97. The van der Waals surface area contributed by atoms with Crippen LogP contribution in [0.1, 0.15) is 36.0 Å². The molecule has 0 radical (unpaired) electrons. The zero-order valence-corrected chi connectivity index (χ0v) is 12.9. The molecular formula is C16H21NO3S. The number of aliphatic hydroxyl groups is 1. The van der Waals surface area contributed by atoms with Crippen molar-refractivity contribution in [3.05, 3.63) is 36.2 Å². The Bertz CT molecular complexity index is 516. The molecule has 0 atom stereocenters. The fourth-order valence-electron chi connectivity index (χ4n) is 2.11. The lowest BCUT2D eigenvalue weighted by Gasteiger charge is -2.03. The molecule has 1 aliphatic rings. The fourth-order valence-corrected chi connectivity index (χ4v) is 3.01. The summed E-state index contributed by atoms with van der Waals surface area (Å²) in [4.78, 5) is 12.1. The minimum absolute atomic E-state index is 0.124. The molecule has 1 heterocycles. The average molecular weight is 307 g/mol. The molecule has 1 aliphatic heterocycles. The number of unbranched alkanes of at least 4 members (excludes halogenated alkanes) is 3. The first kappa shape index (κ1) is 15.9. The van der Waals surface area contributed by atoms with Gasteiger partial charge in [0.25, 0.3) is 0 Å². The van der Waals surface area contributed by atoms with Crippen molar-refractivity contribution < 1.29 is 14.6 Å². The second-order valence-corrected chi connectivity index (χ2v) is 6.08. The molecule has 1 aromatic carbocycles. The van der Waals surface area contributed by atoms with Crippen molar-refractivity contribution in [1.29, 1.82) is 0 Å². The lowest BCUT2D eigenvalue weighted by molar-refractivity contribution is 0.102. The zero-order chi connectivity index (χ0) is 15.1. The Balaban J connectivity index is 1.72. The molecule has 0 spiro atoms. The lowest BCUT2D eigenvalue weighted by Crippen LogP contribution is -2.03. The Hall–Kier alpha value is -1.46. The highest BCUT2D eigenvalue weighted by molar-refractivity contribution is 7.99. The van der Waals surface area contributed by atoms with Gasteiger partial charge in [-0.05, 0) is 43.4 Å². The van der Waals surface area contributed by atoms with E-state index in [2.05, 4.69) is 11.9 Å². The first-order valence-electron chi connectivity index (χ1n) is 7.20. The van der Waals surface area contributed by atoms with Crippen molar-refractivity contribution in [3.63, 3.8) is 0 Å². The molecule has 0 fully saturated rings. The number of carbonyl (C=O) groups is 1. The molecule has 2 N–H and O–H groups in total. The molecule has 0 amide bonds. The molecule has 0 bridgehead atoms. The van der Waals surface area contributed by atoms with E-state index in [1.807, 2.05) is 12.1 Å². The molecule has 0 saturated heterocycles. The van der Waals surface area contributed by atoms with Crippen LogP contribution in [0.5, 0.6) is 5.75 Å². The number of benzene rings is 1. The maximum atomic E-state index is 12.1. The number of fused-ring (bicyclic) bond motifs is 1. The Morgan fingerprint density at radius 1 is 1.29 bits per heavy atom. The summed E-state index contributed by atoms with van der Waals surface area (Å²) in [6.07, 6.45) is 4.14. The normalized spacial score (nSPS) is 12.7.